The molecule has 2 N–H and O–H groups in total. The number of ketones is 1. The molecular weight excluding hydrogens is 404 g/mol. The Kier molecular flexibility index (Phi) is 5.73. The zero-order valence-corrected chi connectivity index (χ0v) is 18.8. The van der Waals surface area contributed by atoms with Gasteiger partial charge >= 0.3 is 0 Å². The average molecular weight is 433 g/mol. The minimum Gasteiger partial charge on any atom is -0.506 e. The van der Waals surface area contributed by atoms with Gasteiger partial charge in [0, 0.05) is 29.6 Å². The lowest BCUT2D eigenvalue weighted by molar-refractivity contribution is 0.0772. The van der Waals surface area contributed by atoms with Crippen molar-refractivity contribution in [1.29, 1.82) is 0 Å². The maximum atomic E-state index is 13.3. The quantitative estimate of drug-likeness (QED) is 0.617. The Morgan fingerprint density at radius 2 is 1.81 bits per heavy atom. The van der Waals surface area contributed by atoms with E-state index in [4.69, 9.17) is 0 Å². The van der Waals surface area contributed by atoms with E-state index in [1.54, 1.807) is 29.2 Å². The van der Waals surface area contributed by atoms with E-state index in [2.05, 4.69) is 18.8 Å². The second-order valence-corrected chi connectivity index (χ2v) is 8.57. The highest BCUT2D eigenvalue weighted by Gasteiger charge is 2.42. The number of nitrogens with zero attached hydrogens (tertiary/aromatic N) is 2. The number of hydrogen-bond donors (Lipinski definition) is 2. The Morgan fingerprint density at radius 3 is 2.47 bits per heavy atom. The summed E-state index contributed by atoms with van der Waals surface area (Å²) in [6.45, 7) is 9.12. The van der Waals surface area contributed by atoms with E-state index >= 15 is 0 Å². The van der Waals surface area contributed by atoms with Crippen molar-refractivity contribution < 1.29 is 19.8 Å². The molecule has 2 aromatic carbocycles. The van der Waals surface area contributed by atoms with Gasteiger partial charge in [-0.25, -0.2) is 4.98 Å². The number of benzene rings is 2. The Morgan fingerprint density at radius 1 is 1.09 bits per heavy atom. The minimum absolute atomic E-state index is 0.122. The van der Waals surface area contributed by atoms with Crippen LogP contribution in [0.5, 0.6) is 5.75 Å². The number of Topliss-reactive ketones (excluding diaryl/α,β-unsaturated/α-hetero) is 1. The summed E-state index contributed by atoms with van der Waals surface area (Å²) in [4.78, 5) is 32.2. The zero-order chi connectivity index (χ0) is 23.2. The van der Waals surface area contributed by atoms with Gasteiger partial charge in [0.1, 0.15) is 5.75 Å². The molecule has 1 aliphatic rings. The number of carbonyl (C=O) groups excluding carboxylic acids is 2. The van der Waals surface area contributed by atoms with Crippen LogP contribution < -0.4 is 0 Å². The van der Waals surface area contributed by atoms with Crippen LogP contribution in [0.15, 0.2) is 42.5 Å². The van der Waals surface area contributed by atoms with E-state index in [1.807, 2.05) is 32.0 Å². The van der Waals surface area contributed by atoms with Gasteiger partial charge in [-0.05, 0) is 61.2 Å². The summed E-state index contributed by atoms with van der Waals surface area (Å²) < 4.78 is 0. The predicted molar refractivity (Wildman–Crippen MR) is 123 cm³/mol. The van der Waals surface area contributed by atoms with E-state index in [0.29, 0.717) is 41.2 Å². The van der Waals surface area contributed by atoms with Gasteiger partial charge in [0.05, 0.1) is 23.2 Å². The number of fused-ring (bicyclic) bond motifs is 2. The van der Waals surface area contributed by atoms with Crippen molar-refractivity contribution in [1.82, 2.24) is 9.88 Å². The molecule has 166 valence electrons. The Hall–Kier alpha value is -3.25. The molecule has 32 heavy (non-hydrogen) atoms. The number of hydrogen-bond acceptors (Lipinski definition) is 5. The molecule has 2 unspecified atom stereocenters. The van der Waals surface area contributed by atoms with Gasteiger partial charge in [0.25, 0.3) is 5.91 Å². The van der Waals surface area contributed by atoms with Gasteiger partial charge in [-0.15, -0.1) is 0 Å². The topological polar surface area (TPSA) is 90.7 Å². The number of aliphatic hydroxyl groups excluding tert-OH is 1. The molecule has 6 heteroatoms. The Labute approximate surface area is 187 Å². The molecule has 1 aliphatic carbocycles. The molecule has 1 aromatic heterocycles. The number of amides is 1. The van der Waals surface area contributed by atoms with Crippen molar-refractivity contribution in [2.45, 2.75) is 45.6 Å². The van der Waals surface area contributed by atoms with Gasteiger partial charge in [0.2, 0.25) is 0 Å². The first-order valence-corrected chi connectivity index (χ1v) is 11.1. The van der Waals surface area contributed by atoms with E-state index in [9.17, 15) is 19.8 Å². The summed E-state index contributed by atoms with van der Waals surface area (Å²) in [5, 5.41) is 22.4. The molecule has 4 rings (SSSR count). The largest absolute Gasteiger partial charge is 0.506 e. The highest BCUT2D eigenvalue weighted by atomic mass is 16.3. The third kappa shape index (κ3) is 3.54. The second kappa shape index (κ2) is 8.36. The van der Waals surface area contributed by atoms with Crippen LogP contribution in [0.3, 0.4) is 0 Å². The fraction of sp³-hybridized carbons (Fsp3) is 0.346. The molecule has 0 aliphatic heterocycles. The lowest BCUT2D eigenvalue weighted by Gasteiger charge is -2.19. The van der Waals surface area contributed by atoms with Crippen LogP contribution in [0.2, 0.25) is 0 Å². The van der Waals surface area contributed by atoms with Crippen molar-refractivity contribution >= 4 is 22.6 Å². The number of aromatic hydroxyl groups is 1. The monoisotopic (exact) mass is 432 g/mol. The predicted octanol–water partition coefficient (Wildman–Crippen LogP) is 4.56. The maximum absolute atomic E-state index is 13.3. The molecule has 0 spiro atoms. The van der Waals surface area contributed by atoms with Crippen molar-refractivity contribution in [3.05, 3.63) is 70.4 Å². The summed E-state index contributed by atoms with van der Waals surface area (Å²) in [6.07, 6.45) is -1.14. The summed E-state index contributed by atoms with van der Waals surface area (Å²) in [6, 6.07) is 12.2. The van der Waals surface area contributed by atoms with Crippen molar-refractivity contribution in [2.24, 2.45) is 0 Å². The van der Waals surface area contributed by atoms with E-state index in [0.717, 1.165) is 10.9 Å². The van der Waals surface area contributed by atoms with Gasteiger partial charge < -0.3 is 15.1 Å². The SMILES string of the molecule is CCN(CC)C(=O)c1ccc2c(c1)C(=O)C(c1nc3ccc(C(C)C)cc3cc1O)C2O. The molecule has 0 saturated carbocycles. The molecule has 3 aromatic rings. The van der Waals surface area contributed by atoms with Crippen LogP contribution in [0.4, 0.5) is 0 Å². The Bertz CT molecular complexity index is 1210. The van der Waals surface area contributed by atoms with Crippen LogP contribution in [-0.2, 0) is 0 Å². The third-order valence-corrected chi connectivity index (χ3v) is 6.34. The standard InChI is InChI=1S/C26H28N2O4/c1-5-28(6-2)26(32)16-7-9-18-19(12-16)25(31)22(24(18)30)23-21(29)13-17-11-15(14(3)4)8-10-20(17)27-23/h7-14,22,24,29-30H,5-6H2,1-4H3. The van der Waals surface area contributed by atoms with Crippen molar-refractivity contribution in [3.8, 4) is 5.75 Å². The molecule has 0 saturated heterocycles. The second-order valence-electron chi connectivity index (χ2n) is 8.57. The van der Waals surface area contributed by atoms with E-state index in [-0.39, 0.29) is 23.1 Å². The summed E-state index contributed by atoms with van der Waals surface area (Å²) in [5.74, 6) is -1.30. The fourth-order valence-corrected chi connectivity index (χ4v) is 4.40. The van der Waals surface area contributed by atoms with E-state index < -0.39 is 12.0 Å². The van der Waals surface area contributed by atoms with Crippen LogP contribution in [-0.4, -0.2) is 44.9 Å². The van der Waals surface area contributed by atoms with Gasteiger partial charge in [-0.2, -0.15) is 0 Å². The summed E-state index contributed by atoms with van der Waals surface area (Å²) >= 11 is 0. The molecule has 1 amide bonds. The lowest BCUT2D eigenvalue weighted by Crippen LogP contribution is -2.30. The highest BCUT2D eigenvalue weighted by molar-refractivity contribution is 6.08. The fourth-order valence-electron chi connectivity index (χ4n) is 4.40. The van der Waals surface area contributed by atoms with Gasteiger partial charge in [-0.1, -0.05) is 26.0 Å². The molecule has 6 nitrogen and oxygen atoms in total. The highest BCUT2D eigenvalue weighted by Crippen LogP contribution is 2.45. The van der Waals surface area contributed by atoms with Crippen molar-refractivity contribution in [3.63, 3.8) is 0 Å². The number of pyridine rings is 1. The molecule has 0 radical (unpaired) electrons. The summed E-state index contributed by atoms with van der Waals surface area (Å²) in [5.41, 5.74) is 3.09. The average Bonchev–Trinajstić information content (AvgIpc) is 3.03. The van der Waals surface area contributed by atoms with E-state index in [1.165, 1.54) is 0 Å². The smallest absolute Gasteiger partial charge is 0.253 e. The number of aliphatic hydroxyl groups is 1. The summed E-state index contributed by atoms with van der Waals surface area (Å²) in [7, 11) is 0. The number of aromatic nitrogens is 1. The first kappa shape index (κ1) is 22.0. The first-order chi connectivity index (χ1) is 15.3. The van der Waals surface area contributed by atoms with Crippen LogP contribution >= 0.6 is 0 Å². The zero-order valence-electron chi connectivity index (χ0n) is 18.8. The van der Waals surface area contributed by atoms with Gasteiger partial charge in [0.15, 0.2) is 5.78 Å². The first-order valence-electron chi connectivity index (χ1n) is 11.1. The minimum atomic E-state index is -1.14. The molecule has 0 bridgehead atoms. The Balaban J connectivity index is 1.74. The molecule has 1 heterocycles. The third-order valence-electron chi connectivity index (χ3n) is 6.34. The van der Waals surface area contributed by atoms with Gasteiger partial charge in [-0.3, -0.25) is 9.59 Å². The molecule has 0 fully saturated rings. The maximum Gasteiger partial charge on any atom is 0.253 e. The van der Waals surface area contributed by atoms with Crippen LogP contribution in [0.1, 0.15) is 83.2 Å². The number of rotatable bonds is 5. The normalized spacial score (nSPS) is 17.8. The van der Waals surface area contributed by atoms with Crippen LogP contribution in [0.25, 0.3) is 10.9 Å². The molecule has 2 atom stereocenters. The van der Waals surface area contributed by atoms with Crippen LogP contribution in [0, 0.1) is 0 Å². The lowest BCUT2D eigenvalue weighted by atomic mass is 9.95. The molecular formula is C26H28N2O4. The number of carbonyl (C=O) groups is 2. The van der Waals surface area contributed by atoms with Crippen molar-refractivity contribution in [2.75, 3.05) is 13.1 Å².